The van der Waals surface area contributed by atoms with Gasteiger partial charge in [0.15, 0.2) is 0 Å². The van der Waals surface area contributed by atoms with Crippen molar-refractivity contribution in [2.45, 2.75) is 13.0 Å². The maximum absolute atomic E-state index is 5.62. The zero-order chi connectivity index (χ0) is 13.7. The summed E-state index contributed by atoms with van der Waals surface area (Å²) in [5, 5.41) is 0. The van der Waals surface area contributed by atoms with Crippen LogP contribution in [0, 0.1) is 0 Å². The van der Waals surface area contributed by atoms with Gasteiger partial charge in [-0.2, -0.15) is 0 Å². The predicted octanol–water partition coefficient (Wildman–Crippen LogP) is 3.10. The lowest BCUT2D eigenvalue weighted by atomic mass is 10.2. The van der Waals surface area contributed by atoms with Crippen molar-refractivity contribution in [3.8, 4) is 0 Å². The quantitative estimate of drug-likeness (QED) is 0.920. The van der Waals surface area contributed by atoms with Gasteiger partial charge in [-0.15, -0.1) is 0 Å². The molecular formula is C15H18BrN3. The van der Waals surface area contributed by atoms with Gasteiger partial charge in [-0.3, -0.25) is 4.98 Å². The third kappa shape index (κ3) is 4.33. The molecule has 0 aliphatic heterocycles. The Balaban J connectivity index is 1.86. The van der Waals surface area contributed by atoms with Crippen LogP contribution in [0.25, 0.3) is 0 Å². The Labute approximate surface area is 122 Å². The van der Waals surface area contributed by atoms with Crippen molar-refractivity contribution in [2.24, 2.45) is 0 Å². The van der Waals surface area contributed by atoms with Crippen molar-refractivity contribution >= 4 is 21.6 Å². The highest BCUT2D eigenvalue weighted by atomic mass is 79.9. The molecule has 1 heterocycles. The number of anilines is 1. The normalized spacial score (nSPS) is 10.9. The van der Waals surface area contributed by atoms with Gasteiger partial charge in [0.1, 0.15) is 0 Å². The number of nitrogens with zero attached hydrogens (tertiary/aromatic N) is 2. The summed E-state index contributed by atoms with van der Waals surface area (Å²) < 4.78 is 1.16. The first-order chi connectivity index (χ1) is 9.15. The second-order valence-corrected chi connectivity index (χ2v) is 5.52. The molecule has 4 heteroatoms. The number of aromatic nitrogens is 1. The molecule has 0 saturated heterocycles. The van der Waals surface area contributed by atoms with E-state index in [9.17, 15) is 0 Å². The Hall–Kier alpha value is -1.39. The predicted molar refractivity (Wildman–Crippen MR) is 82.8 cm³/mol. The van der Waals surface area contributed by atoms with Crippen LogP contribution in [0.5, 0.6) is 0 Å². The van der Waals surface area contributed by atoms with Crippen molar-refractivity contribution in [2.75, 3.05) is 19.3 Å². The first-order valence-electron chi connectivity index (χ1n) is 6.27. The Morgan fingerprint density at radius 1 is 1.21 bits per heavy atom. The SMILES string of the molecule is CN(CCc1ccc(N)cn1)Cc1ccccc1Br. The number of rotatable bonds is 5. The van der Waals surface area contributed by atoms with Crippen LogP contribution in [0.1, 0.15) is 11.3 Å². The second kappa shape index (κ2) is 6.68. The van der Waals surface area contributed by atoms with Gasteiger partial charge in [-0.1, -0.05) is 34.1 Å². The van der Waals surface area contributed by atoms with Crippen LogP contribution in [-0.2, 0) is 13.0 Å². The van der Waals surface area contributed by atoms with Crippen LogP contribution >= 0.6 is 15.9 Å². The van der Waals surface area contributed by atoms with Gasteiger partial charge < -0.3 is 10.6 Å². The number of hydrogen-bond acceptors (Lipinski definition) is 3. The van der Waals surface area contributed by atoms with E-state index >= 15 is 0 Å². The van der Waals surface area contributed by atoms with E-state index in [1.165, 1.54) is 5.56 Å². The van der Waals surface area contributed by atoms with Gasteiger partial charge in [0.2, 0.25) is 0 Å². The molecular weight excluding hydrogens is 302 g/mol. The lowest BCUT2D eigenvalue weighted by Crippen LogP contribution is -2.21. The monoisotopic (exact) mass is 319 g/mol. The van der Waals surface area contributed by atoms with Crippen LogP contribution < -0.4 is 5.73 Å². The third-order valence-electron chi connectivity index (χ3n) is 3.00. The lowest BCUT2D eigenvalue weighted by molar-refractivity contribution is 0.329. The fourth-order valence-corrected chi connectivity index (χ4v) is 2.30. The van der Waals surface area contributed by atoms with Crippen LogP contribution in [0.4, 0.5) is 5.69 Å². The van der Waals surface area contributed by atoms with E-state index in [4.69, 9.17) is 5.73 Å². The molecule has 0 fully saturated rings. The number of benzene rings is 1. The average molecular weight is 320 g/mol. The molecule has 0 bridgehead atoms. The van der Waals surface area contributed by atoms with E-state index in [0.717, 1.165) is 29.7 Å². The number of halogens is 1. The molecule has 0 spiro atoms. The Morgan fingerprint density at radius 3 is 2.68 bits per heavy atom. The topological polar surface area (TPSA) is 42.1 Å². The standard InChI is InChI=1S/C15H18BrN3/c1-19(11-12-4-2-3-5-15(12)16)9-8-14-7-6-13(17)10-18-14/h2-7,10H,8-9,11,17H2,1H3. The van der Waals surface area contributed by atoms with Gasteiger partial charge in [0.25, 0.3) is 0 Å². The minimum absolute atomic E-state index is 0.713. The van der Waals surface area contributed by atoms with Crippen LogP contribution in [0.3, 0.4) is 0 Å². The number of hydrogen-bond donors (Lipinski definition) is 1. The summed E-state index contributed by atoms with van der Waals surface area (Å²) in [5.74, 6) is 0. The summed E-state index contributed by atoms with van der Waals surface area (Å²) in [5.41, 5.74) is 8.71. The van der Waals surface area contributed by atoms with Gasteiger partial charge in [0, 0.05) is 29.7 Å². The van der Waals surface area contributed by atoms with E-state index in [-0.39, 0.29) is 0 Å². The van der Waals surface area contributed by atoms with Crippen LogP contribution in [0.2, 0.25) is 0 Å². The molecule has 0 amide bonds. The second-order valence-electron chi connectivity index (χ2n) is 4.66. The molecule has 2 aromatic rings. The highest BCUT2D eigenvalue weighted by Crippen LogP contribution is 2.17. The van der Waals surface area contributed by atoms with Crippen molar-refractivity contribution in [3.63, 3.8) is 0 Å². The molecule has 1 aromatic heterocycles. The maximum atomic E-state index is 5.62. The first-order valence-corrected chi connectivity index (χ1v) is 7.07. The maximum Gasteiger partial charge on any atom is 0.0501 e. The largest absolute Gasteiger partial charge is 0.397 e. The summed E-state index contributed by atoms with van der Waals surface area (Å²) in [7, 11) is 2.12. The molecule has 2 N–H and O–H groups in total. The number of likely N-dealkylation sites (N-methyl/N-ethyl adjacent to an activating group) is 1. The number of pyridine rings is 1. The molecule has 19 heavy (non-hydrogen) atoms. The molecule has 0 atom stereocenters. The molecule has 0 unspecified atom stereocenters. The molecule has 0 aliphatic rings. The smallest absolute Gasteiger partial charge is 0.0501 e. The fraction of sp³-hybridized carbons (Fsp3) is 0.267. The van der Waals surface area contributed by atoms with Gasteiger partial charge in [-0.25, -0.2) is 0 Å². The summed E-state index contributed by atoms with van der Waals surface area (Å²) in [4.78, 5) is 6.60. The van der Waals surface area contributed by atoms with Crippen molar-refractivity contribution in [1.82, 2.24) is 9.88 Å². The van der Waals surface area contributed by atoms with E-state index in [0.29, 0.717) is 5.69 Å². The molecule has 3 nitrogen and oxygen atoms in total. The third-order valence-corrected chi connectivity index (χ3v) is 3.77. The van der Waals surface area contributed by atoms with Crippen molar-refractivity contribution < 1.29 is 0 Å². The van der Waals surface area contributed by atoms with Gasteiger partial charge >= 0.3 is 0 Å². The van der Waals surface area contributed by atoms with E-state index in [1.54, 1.807) is 6.20 Å². The first kappa shape index (κ1) is 14.0. The lowest BCUT2D eigenvalue weighted by Gasteiger charge is -2.17. The zero-order valence-corrected chi connectivity index (χ0v) is 12.6. The highest BCUT2D eigenvalue weighted by Gasteiger charge is 2.04. The van der Waals surface area contributed by atoms with Crippen molar-refractivity contribution in [1.29, 1.82) is 0 Å². The molecule has 0 saturated carbocycles. The molecule has 0 radical (unpaired) electrons. The average Bonchev–Trinajstić information content (AvgIpc) is 2.41. The number of nitrogen functional groups attached to an aromatic ring is 1. The molecule has 1 aromatic carbocycles. The van der Waals surface area contributed by atoms with E-state index < -0.39 is 0 Å². The number of nitrogens with two attached hydrogens (primary N) is 1. The van der Waals surface area contributed by atoms with Crippen LogP contribution in [0.15, 0.2) is 47.1 Å². The Morgan fingerprint density at radius 2 is 2.00 bits per heavy atom. The van der Waals surface area contributed by atoms with Crippen molar-refractivity contribution in [3.05, 3.63) is 58.3 Å². The Kier molecular flexibility index (Phi) is 4.93. The minimum Gasteiger partial charge on any atom is -0.397 e. The summed E-state index contributed by atoms with van der Waals surface area (Å²) in [6.07, 6.45) is 2.64. The molecule has 100 valence electrons. The van der Waals surface area contributed by atoms with E-state index in [2.05, 4.69) is 51.1 Å². The van der Waals surface area contributed by atoms with Crippen LogP contribution in [-0.4, -0.2) is 23.5 Å². The highest BCUT2D eigenvalue weighted by molar-refractivity contribution is 9.10. The molecule has 2 rings (SSSR count). The van der Waals surface area contributed by atoms with E-state index in [1.807, 2.05) is 18.2 Å². The fourth-order valence-electron chi connectivity index (χ4n) is 1.89. The molecule has 0 aliphatic carbocycles. The summed E-state index contributed by atoms with van der Waals surface area (Å²) in [6.45, 7) is 1.90. The Bertz CT molecular complexity index is 525. The zero-order valence-electron chi connectivity index (χ0n) is 11.0. The minimum atomic E-state index is 0.713. The summed E-state index contributed by atoms with van der Waals surface area (Å²) in [6, 6.07) is 12.2. The summed E-state index contributed by atoms with van der Waals surface area (Å²) >= 11 is 3.58. The van der Waals surface area contributed by atoms with Gasteiger partial charge in [-0.05, 0) is 30.8 Å². The van der Waals surface area contributed by atoms with Gasteiger partial charge in [0.05, 0.1) is 11.9 Å².